The van der Waals surface area contributed by atoms with E-state index in [-0.39, 0.29) is 12.0 Å². The standard InChI is InChI=1S/C9H14OS/c1-9(2,3)7-4-5-11-8(7)6-10/h4-5,10H,6H2,1-3H3. The van der Waals surface area contributed by atoms with E-state index < -0.39 is 0 Å². The van der Waals surface area contributed by atoms with E-state index in [4.69, 9.17) is 5.11 Å². The van der Waals surface area contributed by atoms with Gasteiger partial charge in [-0.1, -0.05) is 20.8 Å². The van der Waals surface area contributed by atoms with E-state index >= 15 is 0 Å². The van der Waals surface area contributed by atoms with Crippen molar-refractivity contribution < 1.29 is 5.11 Å². The molecule has 1 rings (SSSR count). The molecular weight excluding hydrogens is 156 g/mol. The van der Waals surface area contributed by atoms with Gasteiger partial charge in [-0.05, 0) is 22.4 Å². The van der Waals surface area contributed by atoms with Gasteiger partial charge in [0.15, 0.2) is 0 Å². The first-order chi connectivity index (χ1) is 5.05. The van der Waals surface area contributed by atoms with Crippen molar-refractivity contribution in [2.45, 2.75) is 32.8 Å². The lowest BCUT2D eigenvalue weighted by molar-refractivity contribution is 0.282. The topological polar surface area (TPSA) is 20.2 Å². The highest BCUT2D eigenvalue weighted by Crippen LogP contribution is 2.29. The molecule has 1 nitrogen and oxygen atoms in total. The van der Waals surface area contributed by atoms with Crippen molar-refractivity contribution in [3.8, 4) is 0 Å². The Hall–Kier alpha value is -0.340. The van der Waals surface area contributed by atoms with Crippen LogP contribution in [0.15, 0.2) is 11.4 Å². The summed E-state index contributed by atoms with van der Waals surface area (Å²) in [6.07, 6.45) is 0. The third-order valence-corrected chi connectivity index (χ3v) is 2.60. The van der Waals surface area contributed by atoms with Crippen molar-refractivity contribution in [3.63, 3.8) is 0 Å². The molecular formula is C9H14OS. The molecule has 1 aromatic heterocycles. The highest BCUT2D eigenvalue weighted by atomic mass is 32.1. The molecule has 0 amide bonds. The summed E-state index contributed by atoms with van der Waals surface area (Å²) in [4.78, 5) is 1.09. The van der Waals surface area contributed by atoms with Crippen LogP contribution in [-0.4, -0.2) is 5.11 Å². The average molecular weight is 170 g/mol. The Labute approximate surface area is 71.7 Å². The maximum absolute atomic E-state index is 8.98. The molecule has 1 N–H and O–H groups in total. The molecule has 0 aromatic carbocycles. The van der Waals surface area contributed by atoms with Crippen LogP contribution >= 0.6 is 11.3 Å². The molecule has 11 heavy (non-hydrogen) atoms. The summed E-state index contributed by atoms with van der Waals surface area (Å²) in [5.74, 6) is 0. The second-order valence-electron chi connectivity index (χ2n) is 3.67. The minimum Gasteiger partial charge on any atom is -0.391 e. The van der Waals surface area contributed by atoms with Crippen LogP contribution in [0.2, 0.25) is 0 Å². The van der Waals surface area contributed by atoms with Crippen LogP contribution in [0, 0.1) is 0 Å². The quantitative estimate of drug-likeness (QED) is 0.686. The van der Waals surface area contributed by atoms with Gasteiger partial charge in [-0.25, -0.2) is 0 Å². The molecule has 62 valence electrons. The molecule has 0 saturated heterocycles. The van der Waals surface area contributed by atoms with Gasteiger partial charge in [-0.3, -0.25) is 0 Å². The summed E-state index contributed by atoms with van der Waals surface area (Å²) >= 11 is 1.63. The lowest BCUT2D eigenvalue weighted by atomic mass is 9.87. The number of hydrogen-bond donors (Lipinski definition) is 1. The first kappa shape index (κ1) is 8.75. The van der Waals surface area contributed by atoms with E-state index in [1.54, 1.807) is 11.3 Å². The fourth-order valence-corrected chi connectivity index (χ4v) is 2.08. The first-order valence-electron chi connectivity index (χ1n) is 3.73. The van der Waals surface area contributed by atoms with Crippen molar-refractivity contribution >= 4 is 11.3 Å². The van der Waals surface area contributed by atoms with Crippen LogP contribution in [-0.2, 0) is 12.0 Å². The van der Waals surface area contributed by atoms with Gasteiger partial charge in [0.05, 0.1) is 6.61 Å². The van der Waals surface area contributed by atoms with Gasteiger partial charge < -0.3 is 5.11 Å². The van der Waals surface area contributed by atoms with E-state index in [9.17, 15) is 0 Å². The molecule has 0 unspecified atom stereocenters. The molecule has 0 atom stereocenters. The molecule has 0 bridgehead atoms. The lowest BCUT2D eigenvalue weighted by Gasteiger charge is -2.18. The number of rotatable bonds is 1. The average Bonchev–Trinajstić information content (AvgIpc) is 2.31. The summed E-state index contributed by atoms with van der Waals surface area (Å²) in [6, 6.07) is 2.09. The maximum atomic E-state index is 8.98. The van der Waals surface area contributed by atoms with E-state index in [0.29, 0.717) is 0 Å². The molecule has 0 aliphatic rings. The van der Waals surface area contributed by atoms with E-state index in [1.807, 2.05) is 5.38 Å². The fraction of sp³-hybridized carbons (Fsp3) is 0.556. The minimum absolute atomic E-state index is 0.165. The van der Waals surface area contributed by atoms with Gasteiger partial charge in [-0.2, -0.15) is 0 Å². The second-order valence-corrected chi connectivity index (χ2v) is 4.67. The lowest BCUT2D eigenvalue weighted by Crippen LogP contribution is -2.11. The van der Waals surface area contributed by atoms with Crippen molar-refractivity contribution in [1.29, 1.82) is 0 Å². The van der Waals surface area contributed by atoms with Crippen molar-refractivity contribution in [2.24, 2.45) is 0 Å². The Morgan fingerprint density at radius 3 is 2.45 bits per heavy atom. The van der Waals surface area contributed by atoms with Gasteiger partial charge in [0.2, 0.25) is 0 Å². The molecule has 0 aliphatic carbocycles. The number of thiophene rings is 1. The second kappa shape index (κ2) is 2.95. The maximum Gasteiger partial charge on any atom is 0.0777 e. The van der Waals surface area contributed by atoms with Crippen LogP contribution in [0.4, 0.5) is 0 Å². The van der Waals surface area contributed by atoms with Crippen LogP contribution < -0.4 is 0 Å². The normalized spacial score (nSPS) is 12.0. The molecule has 0 saturated carbocycles. The fourth-order valence-electron chi connectivity index (χ4n) is 1.13. The number of aliphatic hydroxyl groups is 1. The van der Waals surface area contributed by atoms with E-state index in [1.165, 1.54) is 5.56 Å². The molecule has 2 heteroatoms. The van der Waals surface area contributed by atoms with E-state index in [2.05, 4.69) is 26.8 Å². The zero-order chi connectivity index (χ0) is 8.48. The molecule has 1 heterocycles. The van der Waals surface area contributed by atoms with Crippen molar-refractivity contribution in [2.75, 3.05) is 0 Å². The first-order valence-corrected chi connectivity index (χ1v) is 4.61. The zero-order valence-electron chi connectivity index (χ0n) is 7.22. The minimum atomic E-state index is 0.165. The molecule has 0 fully saturated rings. The Morgan fingerprint density at radius 1 is 1.45 bits per heavy atom. The highest BCUT2D eigenvalue weighted by molar-refractivity contribution is 7.10. The Kier molecular flexibility index (Phi) is 2.35. The molecule has 0 aliphatic heterocycles. The molecule has 1 aromatic rings. The Morgan fingerprint density at radius 2 is 2.09 bits per heavy atom. The largest absolute Gasteiger partial charge is 0.391 e. The van der Waals surface area contributed by atoms with E-state index in [0.717, 1.165) is 4.88 Å². The SMILES string of the molecule is CC(C)(C)c1ccsc1CO. The molecule has 0 radical (unpaired) electrons. The predicted octanol–water partition coefficient (Wildman–Crippen LogP) is 2.54. The van der Waals surface area contributed by atoms with Crippen LogP contribution in [0.25, 0.3) is 0 Å². The third-order valence-electron chi connectivity index (χ3n) is 1.70. The van der Waals surface area contributed by atoms with Gasteiger partial charge in [0, 0.05) is 4.88 Å². The van der Waals surface area contributed by atoms with Gasteiger partial charge >= 0.3 is 0 Å². The highest BCUT2D eigenvalue weighted by Gasteiger charge is 2.17. The van der Waals surface area contributed by atoms with Gasteiger partial charge in [-0.15, -0.1) is 11.3 Å². The van der Waals surface area contributed by atoms with Crippen LogP contribution in [0.1, 0.15) is 31.2 Å². The number of aliphatic hydroxyl groups excluding tert-OH is 1. The van der Waals surface area contributed by atoms with Crippen molar-refractivity contribution in [1.82, 2.24) is 0 Å². The smallest absolute Gasteiger partial charge is 0.0777 e. The Bertz CT molecular complexity index is 232. The predicted molar refractivity (Wildman–Crippen MR) is 48.9 cm³/mol. The zero-order valence-corrected chi connectivity index (χ0v) is 8.03. The summed E-state index contributed by atoms with van der Waals surface area (Å²) in [7, 11) is 0. The van der Waals surface area contributed by atoms with Crippen molar-refractivity contribution in [3.05, 3.63) is 21.9 Å². The summed E-state index contributed by atoms with van der Waals surface area (Å²) < 4.78 is 0. The summed E-state index contributed by atoms with van der Waals surface area (Å²) in [5, 5.41) is 11.0. The van der Waals surface area contributed by atoms with Crippen LogP contribution in [0.3, 0.4) is 0 Å². The van der Waals surface area contributed by atoms with Crippen LogP contribution in [0.5, 0.6) is 0 Å². The number of hydrogen-bond acceptors (Lipinski definition) is 2. The monoisotopic (exact) mass is 170 g/mol. The molecule has 0 spiro atoms. The summed E-state index contributed by atoms with van der Waals surface area (Å²) in [6.45, 7) is 6.65. The van der Waals surface area contributed by atoms with Gasteiger partial charge in [0.25, 0.3) is 0 Å². The summed E-state index contributed by atoms with van der Waals surface area (Å²) in [5.41, 5.74) is 1.43. The van der Waals surface area contributed by atoms with Gasteiger partial charge in [0.1, 0.15) is 0 Å². The Balaban J connectivity index is 3.02. The third kappa shape index (κ3) is 1.82.